The molecule has 0 aliphatic heterocycles. The van der Waals surface area contributed by atoms with Gasteiger partial charge in [-0.15, -0.1) is 0 Å². The van der Waals surface area contributed by atoms with Crippen LogP contribution in [0.2, 0.25) is 5.02 Å². The van der Waals surface area contributed by atoms with Crippen molar-refractivity contribution in [2.75, 3.05) is 27.9 Å². The molecule has 1 heterocycles. The second-order valence-corrected chi connectivity index (χ2v) is 7.04. The first-order valence-electron chi connectivity index (χ1n) is 9.71. The van der Waals surface area contributed by atoms with Crippen molar-refractivity contribution >= 4 is 29.6 Å². The first-order chi connectivity index (χ1) is 15.9. The van der Waals surface area contributed by atoms with Crippen molar-refractivity contribution in [1.29, 1.82) is 0 Å². The van der Waals surface area contributed by atoms with Gasteiger partial charge in [0.25, 0.3) is 11.8 Å². The van der Waals surface area contributed by atoms with Crippen molar-refractivity contribution in [2.24, 2.45) is 5.10 Å². The molecule has 3 rings (SSSR count). The Morgan fingerprint density at radius 2 is 1.67 bits per heavy atom. The molecule has 2 aromatic carbocycles. The highest BCUT2D eigenvalue weighted by molar-refractivity contribution is 6.30. The molecule has 0 radical (unpaired) electrons. The van der Waals surface area contributed by atoms with Crippen LogP contribution in [0.25, 0.3) is 11.3 Å². The number of hydrazone groups is 1. The van der Waals surface area contributed by atoms with Gasteiger partial charge in [0, 0.05) is 16.1 Å². The monoisotopic (exact) mass is 471 g/mol. The molecule has 0 fully saturated rings. The third-order valence-corrected chi connectivity index (χ3v) is 4.72. The summed E-state index contributed by atoms with van der Waals surface area (Å²) in [5.41, 5.74) is 3.43. The molecule has 10 heteroatoms. The number of hydrogen-bond donors (Lipinski definition) is 2. The van der Waals surface area contributed by atoms with Gasteiger partial charge in [0.05, 0.1) is 34.1 Å². The van der Waals surface area contributed by atoms with Gasteiger partial charge in [-0.1, -0.05) is 11.6 Å². The SMILES string of the molecule is COc1cc(C(=O)NCC(=O)NN=Cc2ccc(-c3ccc(Cl)cc3)o2)cc(OC)c1OC. The average Bonchev–Trinajstić information content (AvgIpc) is 3.30. The summed E-state index contributed by atoms with van der Waals surface area (Å²) in [6.45, 7) is -0.291. The molecule has 2 N–H and O–H groups in total. The minimum atomic E-state index is -0.517. The largest absolute Gasteiger partial charge is 0.493 e. The molecular weight excluding hydrogens is 450 g/mol. The van der Waals surface area contributed by atoms with Gasteiger partial charge in [0.2, 0.25) is 5.75 Å². The smallest absolute Gasteiger partial charge is 0.259 e. The summed E-state index contributed by atoms with van der Waals surface area (Å²) in [6, 6.07) is 13.7. The minimum absolute atomic E-state index is 0.242. The van der Waals surface area contributed by atoms with E-state index in [0.29, 0.717) is 33.8 Å². The van der Waals surface area contributed by atoms with Gasteiger partial charge < -0.3 is 23.9 Å². The first-order valence-corrected chi connectivity index (χ1v) is 10.1. The molecule has 0 aliphatic carbocycles. The molecule has 1 aromatic heterocycles. The van der Waals surface area contributed by atoms with E-state index in [1.165, 1.54) is 39.7 Å². The van der Waals surface area contributed by atoms with E-state index in [1.54, 1.807) is 24.3 Å². The molecule has 2 amide bonds. The molecule has 0 saturated carbocycles. The van der Waals surface area contributed by atoms with Gasteiger partial charge in [0.15, 0.2) is 11.5 Å². The molecule has 172 valence electrons. The maximum atomic E-state index is 12.4. The molecular formula is C23H22ClN3O6. The molecule has 33 heavy (non-hydrogen) atoms. The number of methoxy groups -OCH3 is 3. The Bertz CT molecular complexity index is 1130. The van der Waals surface area contributed by atoms with Crippen LogP contribution < -0.4 is 25.0 Å². The van der Waals surface area contributed by atoms with E-state index in [0.717, 1.165) is 5.56 Å². The number of nitrogens with one attached hydrogen (secondary N) is 2. The Hall–Kier alpha value is -3.98. The highest BCUT2D eigenvalue weighted by atomic mass is 35.5. The minimum Gasteiger partial charge on any atom is -0.493 e. The van der Waals surface area contributed by atoms with E-state index in [4.69, 9.17) is 30.2 Å². The summed E-state index contributed by atoms with van der Waals surface area (Å²) in [4.78, 5) is 24.5. The molecule has 0 aliphatic rings. The van der Waals surface area contributed by atoms with Gasteiger partial charge in [-0.3, -0.25) is 9.59 Å². The Kier molecular flexibility index (Phi) is 7.93. The van der Waals surface area contributed by atoms with E-state index in [-0.39, 0.29) is 12.1 Å². The van der Waals surface area contributed by atoms with Crippen molar-refractivity contribution in [2.45, 2.75) is 0 Å². The van der Waals surface area contributed by atoms with Crippen molar-refractivity contribution in [3.05, 3.63) is 64.9 Å². The summed E-state index contributed by atoms with van der Waals surface area (Å²) in [5, 5.41) is 6.98. The number of carbonyl (C=O) groups is 2. The molecule has 3 aromatic rings. The van der Waals surface area contributed by atoms with Gasteiger partial charge in [0.1, 0.15) is 11.5 Å². The van der Waals surface area contributed by atoms with Crippen molar-refractivity contribution in [3.8, 4) is 28.6 Å². The maximum absolute atomic E-state index is 12.4. The van der Waals surface area contributed by atoms with Crippen LogP contribution >= 0.6 is 11.6 Å². The second kappa shape index (κ2) is 11.1. The average molecular weight is 472 g/mol. The fraction of sp³-hybridized carbons (Fsp3) is 0.174. The zero-order valence-electron chi connectivity index (χ0n) is 18.2. The zero-order valence-corrected chi connectivity index (χ0v) is 18.9. The summed E-state index contributed by atoms with van der Waals surface area (Å²) in [7, 11) is 4.36. The number of amides is 2. The van der Waals surface area contributed by atoms with Crippen LogP contribution in [0, 0.1) is 0 Å². The lowest BCUT2D eigenvalue weighted by Crippen LogP contribution is -2.34. The number of hydrogen-bond acceptors (Lipinski definition) is 7. The highest BCUT2D eigenvalue weighted by Gasteiger charge is 2.17. The predicted molar refractivity (Wildman–Crippen MR) is 123 cm³/mol. The first kappa shape index (κ1) is 23.7. The molecule has 0 spiro atoms. The van der Waals surface area contributed by atoms with E-state index in [9.17, 15) is 9.59 Å². The highest BCUT2D eigenvalue weighted by Crippen LogP contribution is 2.38. The van der Waals surface area contributed by atoms with Gasteiger partial charge in [-0.2, -0.15) is 5.10 Å². The lowest BCUT2D eigenvalue weighted by molar-refractivity contribution is -0.120. The topological polar surface area (TPSA) is 111 Å². The number of benzene rings is 2. The van der Waals surface area contributed by atoms with Crippen LogP contribution in [0.1, 0.15) is 16.1 Å². The summed E-state index contributed by atoms with van der Waals surface area (Å²) in [5.74, 6) is 1.09. The summed E-state index contributed by atoms with van der Waals surface area (Å²) >= 11 is 5.89. The van der Waals surface area contributed by atoms with E-state index >= 15 is 0 Å². The predicted octanol–water partition coefficient (Wildman–Crippen LogP) is 3.51. The Morgan fingerprint density at radius 1 is 1.00 bits per heavy atom. The summed E-state index contributed by atoms with van der Waals surface area (Å²) in [6.07, 6.45) is 1.36. The fourth-order valence-electron chi connectivity index (χ4n) is 2.87. The van der Waals surface area contributed by atoms with Gasteiger partial charge in [-0.25, -0.2) is 5.43 Å². The normalized spacial score (nSPS) is 10.7. The lowest BCUT2D eigenvalue weighted by Gasteiger charge is -2.14. The zero-order chi connectivity index (χ0) is 23.8. The van der Waals surface area contributed by atoms with Crippen LogP contribution in [-0.2, 0) is 4.79 Å². The molecule has 9 nitrogen and oxygen atoms in total. The molecule has 0 unspecified atom stereocenters. The number of furan rings is 1. The molecule has 0 bridgehead atoms. The van der Waals surface area contributed by atoms with Crippen LogP contribution in [0.4, 0.5) is 0 Å². The number of nitrogens with zero attached hydrogens (tertiary/aromatic N) is 1. The molecule has 0 atom stereocenters. The standard InChI is InChI=1S/C23H22ClN3O6/c1-30-19-10-15(11-20(31-2)22(19)32-3)23(29)25-13-21(28)27-26-12-17-8-9-18(33-17)14-4-6-16(24)7-5-14/h4-12H,13H2,1-3H3,(H,25,29)(H,27,28). The van der Waals surface area contributed by atoms with Gasteiger partial charge >= 0.3 is 0 Å². The van der Waals surface area contributed by atoms with Crippen LogP contribution in [0.5, 0.6) is 17.2 Å². The Balaban J connectivity index is 1.54. The second-order valence-electron chi connectivity index (χ2n) is 6.60. The summed E-state index contributed by atoms with van der Waals surface area (Å²) < 4.78 is 21.3. The number of halogens is 1. The number of ether oxygens (including phenoxy) is 3. The lowest BCUT2D eigenvalue weighted by atomic mass is 10.1. The Morgan fingerprint density at radius 3 is 2.27 bits per heavy atom. The third-order valence-electron chi connectivity index (χ3n) is 4.47. The van der Waals surface area contributed by atoms with Crippen LogP contribution in [-0.4, -0.2) is 45.9 Å². The third kappa shape index (κ3) is 6.05. The van der Waals surface area contributed by atoms with E-state index in [2.05, 4.69) is 15.8 Å². The van der Waals surface area contributed by atoms with Crippen molar-refractivity contribution in [3.63, 3.8) is 0 Å². The van der Waals surface area contributed by atoms with Crippen LogP contribution in [0.3, 0.4) is 0 Å². The van der Waals surface area contributed by atoms with Crippen LogP contribution in [0.15, 0.2) is 58.0 Å². The number of carbonyl (C=O) groups excluding carboxylic acids is 2. The fourth-order valence-corrected chi connectivity index (χ4v) is 3.00. The quantitative estimate of drug-likeness (QED) is 0.365. The van der Waals surface area contributed by atoms with E-state index in [1.807, 2.05) is 12.1 Å². The maximum Gasteiger partial charge on any atom is 0.259 e. The van der Waals surface area contributed by atoms with Crippen molar-refractivity contribution in [1.82, 2.24) is 10.7 Å². The van der Waals surface area contributed by atoms with Crippen molar-refractivity contribution < 1.29 is 28.2 Å². The number of rotatable bonds is 9. The molecule has 0 saturated heterocycles. The van der Waals surface area contributed by atoms with Gasteiger partial charge in [-0.05, 0) is 48.5 Å². The van der Waals surface area contributed by atoms with E-state index < -0.39 is 11.8 Å². The Labute approximate surface area is 195 Å².